The molecule has 4 aliphatic carbocycles. The molecule has 4 unspecified atom stereocenters. The molecule has 0 radical (unpaired) electrons. The zero-order valence-corrected chi connectivity index (χ0v) is 40.6. The summed E-state index contributed by atoms with van der Waals surface area (Å²) in [5.41, 5.74) is 23.9. The number of anilines is 1. The smallest absolute Gasteiger partial charge is 0.247 e. The van der Waals surface area contributed by atoms with Gasteiger partial charge in [-0.3, -0.25) is 0 Å². The third kappa shape index (κ3) is 5.89. The molecule has 0 fully saturated rings. The molecule has 4 aromatic rings. The minimum atomic E-state index is -0.306. The summed E-state index contributed by atoms with van der Waals surface area (Å²) in [4.78, 5) is 2.93. The number of fused-ring (bicyclic) bond motifs is 10. The molecule has 3 aliphatic heterocycles. The standard InChI is InChI=1S/C60H69BN2/c1-56(2,3)38-24-27-49-42(30-38)44-32-40(58(7,8)9)34-47-53(44)62(49)51-29-26-46(60(13,36-20-16-14-17-21-36)37-22-18-15-19-23-37)55-52(51)61(47)48-35-41(59(10,11)12)33-45-43-31-39(57(4,5)6)25-28-50(43)63(55)54(45)48/h14-18,20-22,24-27,31-35,38,50-51H,19,23,28-30H2,1-13H3. The fraction of sp³-hybridized carbons (Fsp3) is 0.433. The molecule has 4 atom stereocenters. The van der Waals surface area contributed by atoms with Gasteiger partial charge in [-0.25, -0.2) is 0 Å². The summed E-state index contributed by atoms with van der Waals surface area (Å²) >= 11 is 0. The number of rotatable bonds is 3. The van der Waals surface area contributed by atoms with Crippen molar-refractivity contribution in [1.82, 2.24) is 4.57 Å². The fourth-order valence-electron chi connectivity index (χ4n) is 12.8. The molecular formula is C60H69BN2. The number of benzene rings is 3. The van der Waals surface area contributed by atoms with Crippen LogP contribution in [0.15, 0.2) is 125 Å². The van der Waals surface area contributed by atoms with E-state index < -0.39 is 0 Å². The second-order valence-electron chi connectivity index (χ2n) is 24.6. The van der Waals surface area contributed by atoms with Gasteiger partial charge in [0.05, 0.1) is 12.1 Å². The van der Waals surface area contributed by atoms with Gasteiger partial charge in [0.15, 0.2) is 0 Å². The van der Waals surface area contributed by atoms with Crippen LogP contribution in [-0.2, 0) is 22.7 Å². The Balaban J connectivity index is 1.29. The van der Waals surface area contributed by atoms with Gasteiger partial charge in [-0.15, -0.1) is 0 Å². The Morgan fingerprint density at radius 2 is 1.41 bits per heavy atom. The van der Waals surface area contributed by atoms with Crippen molar-refractivity contribution >= 4 is 45.9 Å². The van der Waals surface area contributed by atoms with Crippen molar-refractivity contribution in [2.45, 2.75) is 150 Å². The lowest BCUT2D eigenvalue weighted by Crippen LogP contribution is -2.58. The number of nitrogens with zero attached hydrogens (tertiary/aromatic N) is 2. The minimum absolute atomic E-state index is 0.00313. The molecule has 7 aliphatic rings. The van der Waals surface area contributed by atoms with Crippen LogP contribution in [0.25, 0.3) is 22.6 Å². The maximum atomic E-state index is 2.93. The van der Waals surface area contributed by atoms with Gasteiger partial charge in [-0.1, -0.05) is 174 Å². The second kappa shape index (κ2) is 13.4. The van der Waals surface area contributed by atoms with Gasteiger partial charge in [0.25, 0.3) is 0 Å². The predicted molar refractivity (Wildman–Crippen MR) is 272 cm³/mol. The van der Waals surface area contributed by atoms with Gasteiger partial charge >= 0.3 is 0 Å². The van der Waals surface area contributed by atoms with E-state index in [1.807, 2.05) is 0 Å². The van der Waals surface area contributed by atoms with Crippen molar-refractivity contribution in [1.29, 1.82) is 0 Å². The van der Waals surface area contributed by atoms with E-state index in [-0.39, 0.29) is 45.9 Å². The molecule has 3 heteroatoms. The van der Waals surface area contributed by atoms with Crippen LogP contribution in [0.3, 0.4) is 0 Å². The van der Waals surface area contributed by atoms with Crippen molar-refractivity contribution in [3.63, 3.8) is 0 Å². The summed E-state index contributed by atoms with van der Waals surface area (Å²) in [5.74, 6) is 0.493. The topological polar surface area (TPSA) is 8.17 Å². The van der Waals surface area contributed by atoms with Gasteiger partial charge < -0.3 is 9.47 Å². The molecule has 2 nitrogen and oxygen atoms in total. The normalized spacial score (nSPS) is 23.4. The van der Waals surface area contributed by atoms with Crippen molar-refractivity contribution in [3.05, 3.63) is 159 Å². The van der Waals surface area contributed by atoms with Crippen LogP contribution in [0.1, 0.15) is 155 Å². The minimum Gasteiger partial charge on any atom is -0.334 e. The summed E-state index contributed by atoms with van der Waals surface area (Å²) in [6.45, 7) is 31.7. The first-order chi connectivity index (χ1) is 29.7. The Kier molecular flexibility index (Phi) is 8.72. The largest absolute Gasteiger partial charge is 0.334 e. The van der Waals surface area contributed by atoms with Crippen molar-refractivity contribution in [2.24, 2.45) is 16.7 Å². The molecule has 3 aromatic carbocycles. The highest BCUT2D eigenvalue weighted by molar-refractivity contribution is 6.94. The molecule has 0 saturated carbocycles. The molecule has 63 heavy (non-hydrogen) atoms. The van der Waals surface area contributed by atoms with Gasteiger partial charge in [0.2, 0.25) is 6.71 Å². The van der Waals surface area contributed by atoms with Crippen LogP contribution in [0.2, 0.25) is 0 Å². The maximum Gasteiger partial charge on any atom is 0.247 e. The Hall–Kier alpha value is -4.76. The summed E-state index contributed by atoms with van der Waals surface area (Å²) in [7, 11) is 0. The lowest BCUT2D eigenvalue weighted by Gasteiger charge is -2.51. The van der Waals surface area contributed by atoms with E-state index in [0.29, 0.717) is 5.92 Å². The molecule has 0 saturated heterocycles. The van der Waals surface area contributed by atoms with Crippen LogP contribution in [-0.4, -0.2) is 17.3 Å². The van der Waals surface area contributed by atoms with E-state index in [1.54, 1.807) is 11.0 Å². The Morgan fingerprint density at radius 1 is 0.714 bits per heavy atom. The molecule has 0 amide bonds. The SMILES string of the molecule is CC(C)(C)C1=CCC2C(=C1)c1cc(C(C)(C)C)cc3c1N2C1=C2B3c3cc(C(C)(C)C)cc4c5c(n(c34)C2CC=C1C(C)(C1=CC=CCC1)c1ccccc1)C=CC(C(C)(C)C)C5. The Labute approximate surface area is 379 Å². The van der Waals surface area contributed by atoms with Crippen molar-refractivity contribution in [2.75, 3.05) is 4.90 Å². The van der Waals surface area contributed by atoms with E-state index in [4.69, 9.17) is 0 Å². The molecular weight excluding hydrogens is 759 g/mol. The third-order valence-electron chi connectivity index (χ3n) is 16.6. The van der Waals surface area contributed by atoms with Gasteiger partial charge in [-0.2, -0.15) is 0 Å². The van der Waals surface area contributed by atoms with E-state index in [0.717, 1.165) is 32.1 Å². The van der Waals surface area contributed by atoms with Crippen LogP contribution in [0.5, 0.6) is 0 Å². The zero-order chi connectivity index (χ0) is 44.3. The highest BCUT2D eigenvalue weighted by Crippen LogP contribution is 2.59. The predicted octanol–water partition coefficient (Wildman–Crippen LogP) is 14.0. The summed E-state index contributed by atoms with van der Waals surface area (Å²) in [6.07, 6.45) is 25.4. The molecule has 0 spiro atoms. The summed E-state index contributed by atoms with van der Waals surface area (Å²) in [6, 6.07) is 22.6. The average molecular weight is 829 g/mol. The van der Waals surface area contributed by atoms with E-state index in [2.05, 4.69) is 203 Å². The Bertz CT molecular complexity index is 2870. The molecule has 322 valence electrons. The number of hydrogen-bond acceptors (Lipinski definition) is 1. The maximum absolute atomic E-state index is 2.93. The average Bonchev–Trinajstić information content (AvgIpc) is 3.75. The van der Waals surface area contributed by atoms with Crippen LogP contribution in [0, 0.1) is 16.7 Å². The van der Waals surface area contributed by atoms with Crippen LogP contribution >= 0.6 is 0 Å². The van der Waals surface area contributed by atoms with E-state index in [9.17, 15) is 0 Å². The second-order valence-corrected chi connectivity index (χ2v) is 24.6. The first-order valence-corrected chi connectivity index (χ1v) is 24.3. The number of aromatic nitrogens is 1. The lowest BCUT2D eigenvalue weighted by atomic mass is 9.31. The van der Waals surface area contributed by atoms with E-state index >= 15 is 0 Å². The molecule has 4 heterocycles. The summed E-state index contributed by atoms with van der Waals surface area (Å²) in [5, 5.41) is 1.50. The Morgan fingerprint density at radius 3 is 2.08 bits per heavy atom. The molecule has 0 bridgehead atoms. The lowest BCUT2D eigenvalue weighted by molar-refractivity contribution is 0.291. The monoisotopic (exact) mass is 829 g/mol. The van der Waals surface area contributed by atoms with Gasteiger partial charge in [0.1, 0.15) is 0 Å². The van der Waals surface area contributed by atoms with Crippen molar-refractivity contribution < 1.29 is 0 Å². The first-order valence-electron chi connectivity index (χ1n) is 24.3. The molecule has 11 rings (SSSR count). The quantitative estimate of drug-likeness (QED) is 0.187. The van der Waals surface area contributed by atoms with Crippen LogP contribution < -0.4 is 15.8 Å². The fourth-order valence-corrected chi connectivity index (χ4v) is 12.8. The number of hydrogen-bond donors (Lipinski definition) is 0. The highest BCUT2D eigenvalue weighted by atomic mass is 15.2. The molecule has 0 N–H and O–H groups in total. The van der Waals surface area contributed by atoms with E-state index in [1.165, 1.54) is 83.5 Å². The van der Waals surface area contributed by atoms with Gasteiger partial charge in [-0.05, 0) is 140 Å². The first kappa shape index (κ1) is 41.0. The summed E-state index contributed by atoms with van der Waals surface area (Å²) < 4.78 is 2.87. The van der Waals surface area contributed by atoms with Crippen LogP contribution in [0.4, 0.5) is 5.69 Å². The van der Waals surface area contributed by atoms with Gasteiger partial charge in [0, 0.05) is 39.0 Å². The third-order valence-corrected chi connectivity index (χ3v) is 16.6. The highest BCUT2D eigenvalue weighted by Gasteiger charge is 2.55. The zero-order valence-electron chi connectivity index (χ0n) is 40.6. The molecule has 1 aromatic heterocycles. The number of allylic oxidation sites excluding steroid dienone is 10. The van der Waals surface area contributed by atoms with Crippen molar-refractivity contribution in [3.8, 4) is 0 Å².